The Labute approximate surface area is 81.3 Å². The zero-order valence-electron chi connectivity index (χ0n) is 7.31. The first kappa shape index (κ1) is 8.56. The molecule has 0 saturated heterocycles. The van der Waals surface area contributed by atoms with Gasteiger partial charge in [0.1, 0.15) is 11.5 Å². The summed E-state index contributed by atoms with van der Waals surface area (Å²) in [7, 11) is 0. The number of hydrogen-bond acceptors (Lipinski definition) is 3. The lowest BCUT2D eigenvalue weighted by Crippen LogP contribution is -1.82. The minimum atomic E-state index is 0.0777. The topological polar surface area (TPSA) is 53.4 Å². The molecule has 1 heterocycles. The van der Waals surface area contributed by atoms with E-state index in [1.807, 2.05) is 6.07 Å². The summed E-state index contributed by atoms with van der Waals surface area (Å²) < 4.78 is 0. The van der Waals surface area contributed by atoms with Crippen LogP contribution in [0, 0.1) is 6.07 Å². The molecule has 0 aliphatic carbocycles. The predicted molar refractivity (Wildman–Crippen MR) is 51.8 cm³/mol. The first-order chi connectivity index (χ1) is 6.75. The molecule has 1 aromatic heterocycles. The molecule has 0 amide bonds. The van der Waals surface area contributed by atoms with Gasteiger partial charge in [-0.2, -0.15) is 0 Å². The second-order valence-electron chi connectivity index (χ2n) is 2.87. The van der Waals surface area contributed by atoms with Gasteiger partial charge >= 0.3 is 0 Å². The van der Waals surface area contributed by atoms with Crippen LogP contribution in [0.5, 0.6) is 11.5 Å². The van der Waals surface area contributed by atoms with Crippen molar-refractivity contribution < 1.29 is 10.2 Å². The molecule has 3 nitrogen and oxygen atoms in total. The Kier molecular flexibility index (Phi) is 2.07. The van der Waals surface area contributed by atoms with Crippen molar-refractivity contribution in [2.75, 3.05) is 0 Å². The summed E-state index contributed by atoms with van der Waals surface area (Å²) in [6.45, 7) is 0. The number of aromatic hydroxyl groups is 2. The van der Waals surface area contributed by atoms with Gasteiger partial charge in [0.2, 0.25) is 0 Å². The molecule has 14 heavy (non-hydrogen) atoms. The fourth-order valence-electron chi connectivity index (χ4n) is 1.16. The van der Waals surface area contributed by atoms with Crippen LogP contribution in [0.15, 0.2) is 36.5 Å². The number of phenolic OH excluding ortho intramolecular Hbond substituents is 1. The Morgan fingerprint density at radius 3 is 2.64 bits per heavy atom. The van der Waals surface area contributed by atoms with Gasteiger partial charge in [0, 0.05) is 11.6 Å². The highest BCUT2D eigenvalue weighted by Gasteiger charge is 1.99. The van der Waals surface area contributed by atoms with E-state index in [2.05, 4.69) is 11.1 Å². The van der Waals surface area contributed by atoms with E-state index in [1.54, 1.807) is 18.2 Å². The molecule has 0 aliphatic rings. The maximum absolute atomic E-state index is 9.24. The monoisotopic (exact) mass is 186 g/mol. The van der Waals surface area contributed by atoms with Crippen LogP contribution >= 0.6 is 0 Å². The number of aromatic nitrogens is 1. The largest absolute Gasteiger partial charge is 0.508 e. The number of phenols is 1. The zero-order chi connectivity index (χ0) is 9.97. The van der Waals surface area contributed by atoms with E-state index < -0.39 is 0 Å². The van der Waals surface area contributed by atoms with Gasteiger partial charge in [-0.25, -0.2) is 0 Å². The van der Waals surface area contributed by atoms with Crippen LogP contribution in [0.3, 0.4) is 0 Å². The van der Waals surface area contributed by atoms with Gasteiger partial charge < -0.3 is 10.2 Å². The van der Waals surface area contributed by atoms with Crippen molar-refractivity contribution in [3.05, 3.63) is 42.6 Å². The number of hydrogen-bond donors (Lipinski definition) is 2. The van der Waals surface area contributed by atoms with Gasteiger partial charge in [-0.3, -0.25) is 4.98 Å². The molecule has 0 atom stereocenters. The molecule has 2 N–H and O–H groups in total. The van der Waals surface area contributed by atoms with Crippen LogP contribution in [-0.2, 0) is 0 Å². The number of pyridine rings is 1. The number of benzene rings is 1. The van der Waals surface area contributed by atoms with Gasteiger partial charge in [0.15, 0.2) is 0 Å². The molecule has 2 aromatic rings. The van der Waals surface area contributed by atoms with Crippen LogP contribution < -0.4 is 0 Å². The lowest BCUT2D eigenvalue weighted by atomic mass is 10.1. The SMILES string of the molecule is Oc1c[c]c(-c2cccc(O)c2)nc1. The van der Waals surface area contributed by atoms with Crippen molar-refractivity contribution in [2.24, 2.45) is 0 Å². The fraction of sp³-hybridized carbons (Fsp3) is 0. The third kappa shape index (κ3) is 1.66. The van der Waals surface area contributed by atoms with Gasteiger partial charge in [-0.15, -0.1) is 0 Å². The lowest BCUT2D eigenvalue weighted by molar-refractivity contribution is 0.472. The number of nitrogens with zero attached hydrogens (tertiary/aromatic N) is 1. The normalized spacial score (nSPS) is 10.0. The lowest BCUT2D eigenvalue weighted by Gasteiger charge is -2.00. The maximum atomic E-state index is 9.24. The van der Waals surface area contributed by atoms with E-state index in [0.29, 0.717) is 5.69 Å². The van der Waals surface area contributed by atoms with E-state index in [4.69, 9.17) is 5.11 Å². The predicted octanol–water partition coefficient (Wildman–Crippen LogP) is 1.96. The summed E-state index contributed by atoms with van der Waals surface area (Å²) in [5.41, 5.74) is 1.36. The smallest absolute Gasteiger partial charge is 0.134 e. The molecule has 1 radical (unpaired) electrons. The molecule has 0 bridgehead atoms. The van der Waals surface area contributed by atoms with Crippen LogP contribution in [-0.4, -0.2) is 15.2 Å². The highest BCUT2D eigenvalue weighted by atomic mass is 16.3. The van der Waals surface area contributed by atoms with Gasteiger partial charge in [-0.1, -0.05) is 12.1 Å². The summed E-state index contributed by atoms with van der Waals surface area (Å²) >= 11 is 0. The fourth-order valence-corrected chi connectivity index (χ4v) is 1.16. The minimum Gasteiger partial charge on any atom is -0.508 e. The van der Waals surface area contributed by atoms with Gasteiger partial charge in [0.25, 0.3) is 0 Å². The average molecular weight is 186 g/mol. The summed E-state index contributed by atoms with van der Waals surface area (Å²) in [5, 5.41) is 18.3. The quantitative estimate of drug-likeness (QED) is 0.715. The molecule has 0 unspecified atom stereocenters. The summed E-state index contributed by atoms with van der Waals surface area (Å²) in [5.74, 6) is 0.264. The van der Waals surface area contributed by atoms with Crippen molar-refractivity contribution in [2.45, 2.75) is 0 Å². The van der Waals surface area contributed by atoms with Gasteiger partial charge in [-0.05, 0) is 18.2 Å². The summed E-state index contributed by atoms with van der Waals surface area (Å²) in [4.78, 5) is 3.97. The molecule has 0 saturated carbocycles. The molecule has 69 valence electrons. The van der Waals surface area contributed by atoms with Crippen molar-refractivity contribution >= 4 is 0 Å². The first-order valence-corrected chi connectivity index (χ1v) is 4.12. The maximum Gasteiger partial charge on any atom is 0.134 e. The Balaban J connectivity index is 2.44. The Hall–Kier alpha value is -2.03. The molecule has 1 aromatic carbocycles. The zero-order valence-corrected chi connectivity index (χ0v) is 7.31. The van der Waals surface area contributed by atoms with Crippen molar-refractivity contribution in [3.8, 4) is 22.8 Å². The van der Waals surface area contributed by atoms with E-state index in [0.717, 1.165) is 5.56 Å². The third-order valence-electron chi connectivity index (χ3n) is 1.80. The second-order valence-corrected chi connectivity index (χ2v) is 2.87. The molecular weight excluding hydrogens is 178 g/mol. The molecular formula is C11H8NO2. The average Bonchev–Trinajstić information content (AvgIpc) is 2.19. The van der Waals surface area contributed by atoms with E-state index in [-0.39, 0.29) is 11.5 Å². The Morgan fingerprint density at radius 2 is 2.00 bits per heavy atom. The molecule has 2 rings (SSSR count). The second kappa shape index (κ2) is 3.38. The Bertz CT molecular complexity index is 437. The third-order valence-corrected chi connectivity index (χ3v) is 1.80. The van der Waals surface area contributed by atoms with E-state index in [1.165, 1.54) is 12.3 Å². The summed E-state index contributed by atoms with van der Waals surface area (Å²) in [6.07, 6.45) is 1.34. The van der Waals surface area contributed by atoms with Crippen LogP contribution in [0.1, 0.15) is 0 Å². The first-order valence-electron chi connectivity index (χ1n) is 4.12. The molecule has 0 aliphatic heterocycles. The highest BCUT2D eigenvalue weighted by Crippen LogP contribution is 2.21. The Morgan fingerprint density at radius 1 is 1.14 bits per heavy atom. The van der Waals surface area contributed by atoms with Crippen LogP contribution in [0.4, 0.5) is 0 Å². The van der Waals surface area contributed by atoms with Crippen LogP contribution in [0.2, 0.25) is 0 Å². The van der Waals surface area contributed by atoms with Crippen molar-refractivity contribution in [1.29, 1.82) is 0 Å². The highest BCUT2D eigenvalue weighted by molar-refractivity contribution is 5.60. The molecule has 3 heteroatoms. The molecule has 0 spiro atoms. The molecule has 0 fully saturated rings. The van der Waals surface area contributed by atoms with E-state index >= 15 is 0 Å². The van der Waals surface area contributed by atoms with Crippen LogP contribution in [0.25, 0.3) is 11.3 Å². The van der Waals surface area contributed by atoms with Gasteiger partial charge in [0.05, 0.1) is 11.9 Å². The summed E-state index contributed by atoms with van der Waals surface area (Å²) in [6, 6.07) is 11.0. The standard InChI is InChI=1S/C11H8NO2/c13-9-3-1-2-8(6-9)11-5-4-10(14)7-12-11/h1-4,6-7,13-14H. The van der Waals surface area contributed by atoms with Crippen molar-refractivity contribution in [3.63, 3.8) is 0 Å². The van der Waals surface area contributed by atoms with Crippen molar-refractivity contribution in [1.82, 2.24) is 4.98 Å². The minimum absolute atomic E-state index is 0.0777. The van der Waals surface area contributed by atoms with E-state index in [9.17, 15) is 5.11 Å². The number of rotatable bonds is 1.